The first-order chi connectivity index (χ1) is 36.8. The second-order valence-electron chi connectivity index (χ2n) is 23.4. The minimum Gasteiger partial charge on any atom is -0.459 e. The van der Waals surface area contributed by atoms with E-state index in [1.54, 1.807) is 48.5 Å². The van der Waals surface area contributed by atoms with Crippen molar-refractivity contribution in [3.63, 3.8) is 0 Å². The first kappa shape index (κ1) is 62.3. The molecule has 0 radical (unpaired) electrons. The van der Waals surface area contributed by atoms with Crippen LogP contribution >= 0.6 is 0 Å². The van der Waals surface area contributed by atoms with Gasteiger partial charge in [-0.05, 0) is 80.5 Å². The standard InChI is InChI=1S/C58H90N2O18/c1-15-41-58(10,66)49(62)33(4)43(59-78-47-46-40(30-70-53(76-46)38-24-20-17-21-25-38)73-55(67-13)48(47)69-29-37-22-18-16-19-23-37)31(2)27-56(8,65)51(77-54-44(61)39(60(11)12)26-32(3)71-54)34(5)45(35(6)52(64)74-41)75-42-28-57(9,68-14)50(63)36(7)72-42/h16-25,31-36,39-42,44-51,53-55,61-63,65-66H,15,26-30H2,1-14H3/b59-43+/t31-,32-,33+,34+,35-,36+,39+,40-,41-,42+,44-,45+,46-,47-,48-,49-,50+,51-,53-,54+,55-,56-,57-,58-/m1/s1. The van der Waals surface area contributed by atoms with Gasteiger partial charge in [0.25, 0.3) is 0 Å². The van der Waals surface area contributed by atoms with Crippen LogP contribution in [0.5, 0.6) is 0 Å². The maximum atomic E-state index is 14.8. The molecular weight excluding hydrogens is 1010 g/mol. The third kappa shape index (κ3) is 13.8. The normalized spacial score (nSPS) is 44.8. The summed E-state index contributed by atoms with van der Waals surface area (Å²) < 4.78 is 70.4. The number of carbonyl (C=O) groups is 1. The fourth-order valence-electron chi connectivity index (χ4n) is 12.3. The molecule has 20 heteroatoms. The minimum absolute atomic E-state index is 0.0601. The zero-order valence-corrected chi connectivity index (χ0v) is 48.1. The summed E-state index contributed by atoms with van der Waals surface area (Å²) in [4.78, 5) is 23.5. The molecule has 0 spiro atoms. The van der Waals surface area contributed by atoms with Crippen molar-refractivity contribution in [2.45, 2.75) is 223 Å². The summed E-state index contributed by atoms with van der Waals surface area (Å²) in [6.07, 6.45) is -15.7. The molecule has 5 fully saturated rings. The van der Waals surface area contributed by atoms with Crippen LogP contribution in [0.1, 0.15) is 112 Å². The number of oxime groups is 1. The molecule has 24 atom stereocenters. The van der Waals surface area contributed by atoms with Gasteiger partial charge in [0.1, 0.15) is 36.1 Å². The molecule has 7 rings (SSSR count). The minimum atomic E-state index is -2.09. The lowest BCUT2D eigenvalue weighted by atomic mass is 9.73. The number of cyclic esters (lactones) is 1. The fourth-order valence-corrected chi connectivity index (χ4v) is 12.3. The number of aliphatic hydroxyl groups excluding tert-OH is 3. The summed E-state index contributed by atoms with van der Waals surface area (Å²) in [6.45, 7) is 17.2. The smallest absolute Gasteiger partial charge is 0.311 e. The molecule has 5 heterocycles. The lowest BCUT2D eigenvalue weighted by Crippen LogP contribution is -2.63. The highest BCUT2D eigenvalue weighted by Gasteiger charge is 2.56. The fraction of sp³-hybridized carbons (Fsp3) is 0.759. The Kier molecular flexibility index (Phi) is 21.0. The third-order valence-corrected chi connectivity index (χ3v) is 17.0. The van der Waals surface area contributed by atoms with Crippen LogP contribution in [0, 0.1) is 23.7 Å². The number of aliphatic hydroxyl groups is 5. The first-order valence-corrected chi connectivity index (χ1v) is 27.8. The van der Waals surface area contributed by atoms with E-state index in [1.165, 1.54) is 21.1 Å². The van der Waals surface area contributed by atoms with Crippen molar-refractivity contribution in [2.24, 2.45) is 28.8 Å². The predicted octanol–water partition coefficient (Wildman–Crippen LogP) is 5.03. The van der Waals surface area contributed by atoms with Gasteiger partial charge in [0.05, 0.1) is 66.6 Å². The number of hydrogen-bond acceptors (Lipinski definition) is 20. The predicted molar refractivity (Wildman–Crippen MR) is 284 cm³/mol. The van der Waals surface area contributed by atoms with E-state index in [1.807, 2.05) is 93.5 Å². The molecule has 0 amide bonds. The van der Waals surface area contributed by atoms with E-state index in [0.717, 1.165) is 11.1 Å². The van der Waals surface area contributed by atoms with E-state index in [9.17, 15) is 30.3 Å². The average molecular weight is 1100 g/mol. The van der Waals surface area contributed by atoms with Crippen molar-refractivity contribution >= 4 is 11.7 Å². The van der Waals surface area contributed by atoms with Gasteiger partial charge in [0, 0.05) is 50.0 Å². The number of ether oxygens (including phenoxy) is 11. The second-order valence-corrected chi connectivity index (χ2v) is 23.4. The monoisotopic (exact) mass is 1100 g/mol. The van der Waals surface area contributed by atoms with Crippen LogP contribution in [-0.2, 0) is 68.3 Å². The summed E-state index contributed by atoms with van der Waals surface area (Å²) in [5.41, 5.74) is -3.22. The van der Waals surface area contributed by atoms with Crippen molar-refractivity contribution in [3.8, 4) is 0 Å². The first-order valence-electron chi connectivity index (χ1n) is 27.8. The number of carbonyl (C=O) groups excluding carboxylic acids is 1. The molecule has 5 saturated heterocycles. The molecule has 0 aromatic heterocycles. The topological polar surface area (TPSA) is 245 Å². The van der Waals surface area contributed by atoms with Crippen LogP contribution in [0.3, 0.4) is 0 Å². The summed E-state index contributed by atoms with van der Waals surface area (Å²) in [6, 6.07) is 18.7. The maximum Gasteiger partial charge on any atom is 0.311 e. The van der Waals surface area contributed by atoms with Crippen LogP contribution in [0.2, 0.25) is 0 Å². The zero-order valence-electron chi connectivity index (χ0n) is 48.1. The summed E-state index contributed by atoms with van der Waals surface area (Å²) in [5.74, 6) is -4.62. The highest BCUT2D eigenvalue weighted by molar-refractivity contribution is 5.88. The molecular formula is C58H90N2O18. The van der Waals surface area contributed by atoms with E-state index < -0.39 is 139 Å². The van der Waals surface area contributed by atoms with Gasteiger partial charge in [-0.15, -0.1) is 0 Å². The molecule has 0 unspecified atom stereocenters. The van der Waals surface area contributed by atoms with Gasteiger partial charge in [-0.1, -0.05) is 93.5 Å². The number of hydrogen-bond donors (Lipinski definition) is 5. The number of esters is 1. The third-order valence-electron chi connectivity index (χ3n) is 17.0. The van der Waals surface area contributed by atoms with Crippen molar-refractivity contribution < 1.29 is 87.3 Å². The Morgan fingerprint density at radius 2 is 1.45 bits per heavy atom. The Bertz CT molecular complexity index is 2220. The molecule has 2 aromatic carbocycles. The Balaban J connectivity index is 1.33. The quantitative estimate of drug-likeness (QED) is 0.123. The lowest BCUT2D eigenvalue weighted by molar-refractivity contribution is -0.368. The molecule has 20 nitrogen and oxygen atoms in total. The molecule has 5 aliphatic rings. The molecule has 440 valence electrons. The Hall–Kier alpha value is -3.26. The lowest BCUT2D eigenvalue weighted by Gasteiger charge is -2.49. The molecule has 0 aliphatic carbocycles. The van der Waals surface area contributed by atoms with Crippen molar-refractivity contribution in [1.82, 2.24) is 4.90 Å². The Labute approximate surface area is 460 Å². The zero-order chi connectivity index (χ0) is 57.0. The number of methoxy groups -OCH3 is 2. The van der Waals surface area contributed by atoms with Crippen molar-refractivity contribution in [1.29, 1.82) is 0 Å². The molecule has 5 aliphatic heterocycles. The van der Waals surface area contributed by atoms with Gasteiger partial charge in [0.2, 0.25) is 0 Å². The summed E-state index contributed by atoms with van der Waals surface area (Å²) in [7, 11) is 6.72. The van der Waals surface area contributed by atoms with E-state index in [-0.39, 0.29) is 50.3 Å². The Morgan fingerprint density at radius 1 is 0.782 bits per heavy atom. The molecule has 0 bridgehead atoms. The van der Waals surface area contributed by atoms with Gasteiger partial charge < -0.3 is 87.4 Å². The number of nitrogens with zero attached hydrogens (tertiary/aromatic N) is 2. The number of benzene rings is 2. The molecule has 78 heavy (non-hydrogen) atoms. The maximum absolute atomic E-state index is 14.8. The number of rotatable bonds is 14. The SMILES string of the molecule is CC[C@H]1OC(=O)[C@H](C)[C@@H](O[C@H]2C[C@@](C)(OC)[C@@H](O)[C@H](C)O2)[C@H](C)[C@@H](O[C@@H]2O[C@H](C)C[C@H](N(C)C)[C@H]2O)[C@](C)(O)C[C@@H](C)/C(=N\O[C@H]2[C@@H](OCc3ccccc3)[C@H](OC)O[C@@H]3CO[C@@H](c4ccccc4)O[C@@H]23)[C@H](C)[C@@H](O)[C@]1(C)O. The Morgan fingerprint density at radius 3 is 2.08 bits per heavy atom. The van der Waals surface area contributed by atoms with Crippen molar-refractivity contribution in [3.05, 3.63) is 71.8 Å². The van der Waals surface area contributed by atoms with Gasteiger partial charge in [-0.3, -0.25) is 4.79 Å². The van der Waals surface area contributed by atoms with E-state index >= 15 is 0 Å². The number of likely N-dealkylation sites (N-methyl/N-ethyl adjacent to an activating group) is 1. The van der Waals surface area contributed by atoms with Crippen LogP contribution in [0.4, 0.5) is 0 Å². The van der Waals surface area contributed by atoms with E-state index in [4.69, 9.17) is 62.1 Å². The van der Waals surface area contributed by atoms with E-state index in [0.29, 0.717) is 6.42 Å². The summed E-state index contributed by atoms with van der Waals surface area (Å²) >= 11 is 0. The second kappa shape index (κ2) is 26.3. The van der Waals surface area contributed by atoms with Gasteiger partial charge in [-0.25, -0.2) is 0 Å². The van der Waals surface area contributed by atoms with Crippen LogP contribution < -0.4 is 0 Å². The molecule has 5 N–H and O–H groups in total. The average Bonchev–Trinajstić information content (AvgIpc) is 3.42. The molecule has 0 saturated carbocycles. The highest BCUT2D eigenvalue weighted by Crippen LogP contribution is 2.43. The van der Waals surface area contributed by atoms with Gasteiger partial charge >= 0.3 is 5.97 Å². The van der Waals surface area contributed by atoms with E-state index in [2.05, 4.69) is 0 Å². The van der Waals surface area contributed by atoms with Crippen molar-refractivity contribution in [2.75, 3.05) is 34.9 Å². The van der Waals surface area contributed by atoms with Crippen LogP contribution in [0.15, 0.2) is 65.8 Å². The molecule has 2 aromatic rings. The highest BCUT2D eigenvalue weighted by atomic mass is 16.8. The van der Waals surface area contributed by atoms with Crippen LogP contribution in [-0.4, -0.2) is 192 Å². The number of fused-ring (bicyclic) bond motifs is 1. The van der Waals surface area contributed by atoms with Gasteiger partial charge in [-0.2, -0.15) is 0 Å². The summed E-state index contributed by atoms with van der Waals surface area (Å²) in [5, 5.41) is 66.5. The largest absolute Gasteiger partial charge is 0.459 e. The van der Waals surface area contributed by atoms with Crippen LogP contribution in [0.25, 0.3) is 0 Å². The van der Waals surface area contributed by atoms with Gasteiger partial charge in [0.15, 0.2) is 37.4 Å².